The summed E-state index contributed by atoms with van der Waals surface area (Å²) in [7, 11) is 1.62. The van der Waals surface area contributed by atoms with E-state index in [1.165, 1.54) is 0 Å². The van der Waals surface area contributed by atoms with Crippen LogP contribution in [-0.4, -0.2) is 43.0 Å². The smallest absolute Gasteiger partial charge is 0.251 e. The molecule has 0 saturated carbocycles. The predicted octanol–water partition coefficient (Wildman–Crippen LogP) is 4.33. The van der Waals surface area contributed by atoms with E-state index < -0.39 is 0 Å². The number of nitrogens with one attached hydrogen (secondary N) is 1. The van der Waals surface area contributed by atoms with Gasteiger partial charge in [0.1, 0.15) is 5.75 Å². The molecule has 0 atom stereocenters. The average Bonchev–Trinajstić information content (AvgIpc) is 2.85. The number of likely N-dealkylation sites (tertiary alicyclic amines) is 1. The third-order valence-corrected chi connectivity index (χ3v) is 5.97. The van der Waals surface area contributed by atoms with Crippen LogP contribution in [0.1, 0.15) is 28.8 Å². The van der Waals surface area contributed by atoms with E-state index >= 15 is 0 Å². The van der Waals surface area contributed by atoms with Gasteiger partial charge < -0.3 is 15.0 Å². The van der Waals surface area contributed by atoms with Crippen LogP contribution in [0.3, 0.4) is 0 Å². The first-order chi connectivity index (χ1) is 15.6. The van der Waals surface area contributed by atoms with Crippen molar-refractivity contribution in [3.05, 3.63) is 90.0 Å². The van der Waals surface area contributed by atoms with Crippen LogP contribution >= 0.6 is 0 Å². The maximum absolute atomic E-state index is 12.7. The average molecular weight is 429 g/mol. The van der Waals surface area contributed by atoms with Crippen molar-refractivity contribution in [1.29, 1.82) is 0 Å². The molecule has 0 bridgehead atoms. The van der Waals surface area contributed by atoms with Crippen molar-refractivity contribution in [2.75, 3.05) is 20.2 Å². The van der Waals surface area contributed by atoms with E-state index in [0.717, 1.165) is 35.3 Å². The quantitative estimate of drug-likeness (QED) is 0.636. The molecule has 0 spiro atoms. The number of piperidine rings is 1. The van der Waals surface area contributed by atoms with Crippen LogP contribution in [0.5, 0.6) is 5.75 Å². The van der Waals surface area contributed by atoms with Crippen molar-refractivity contribution in [1.82, 2.24) is 10.2 Å². The summed E-state index contributed by atoms with van der Waals surface area (Å²) in [6.45, 7) is 1.29. The minimum atomic E-state index is -0.0663. The Balaban J connectivity index is 1.28. The van der Waals surface area contributed by atoms with Crippen LogP contribution in [0.2, 0.25) is 0 Å². The molecule has 3 aromatic carbocycles. The van der Waals surface area contributed by atoms with E-state index in [4.69, 9.17) is 4.74 Å². The van der Waals surface area contributed by atoms with Crippen molar-refractivity contribution in [3.8, 4) is 16.9 Å². The normalized spacial score (nSPS) is 14.1. The first-order valence-corrected chi connectivity index (χ1v) is 11.0. The lowest BCUT2D eigenvalue weighted by molar-refractivity contribution is -0.131. The van der Waals surface area contributed by atoms with Crippen molar-refractivity contribution < 1.29 is 14.3 Å². The van der Waals surface area contributed by atoms with Crippen LogP contribution in [-0.2, 0) is 11.2 Å². The van der Waals surface area contributed by atoms with Crippen LogP contribution < -0.4 is 10.1 Å². The fraction of sp³-hybridized carbons (Fsp3) is 0.259. The van der Waals surface area contributed by atoms with Crippen molar-refractivity contribution >= 4 is 11.8 Å². The van der Waals surface area contributed by atoms with Crippen LogP contribution in [0.4, 0.5) is 0 Å². The van der Waals surface area contributed by atoms with Gasteiger partial charge in [-0.3, -0.25) is 9.59 Å². The molecule has 3 aromatic rings. The number of benzene rings is 3. The van der Waals surface area contributed by atoms with Crippen LogP contribution in [0, 0.1) is 0 Å². The van der Waals surface area contributed by atoms with Gasteiger partial charge >= 0.3 is 0 Å². The number of nitrogens with zero attached hydrogens (tertiary/aromatic N) is 1. The molecule has 1 N–H and O–H groups in total. The fourth-order valence-corrected chi connectivity index (χ4v) is 4.11. The van der Waals surface area contributed by atoms with E-state index in [1.54, 1.807) is 7.11 Å². The third-order valence-electron chi connectivity index (χ3n) is 5.97. The molecule has 5 nitrogen and oxygen atoms in total. The number of hydrogen-bond acceptors (Lipinski definition) is 3. The van der Waals surface area contributed by atoms with E-state index in [-0.39, 0.29) is 17.9 Å². The third kappa shape index (κ3) is 5.17. The highest BCUT2D eigenvalue weighted by atomic mass is 16.5. The second-order valence-electron chi connectivity index (χ2n) is 8.06. The number of methoxy groups -OCH3 is 1. The molecule has 5 heteroatoms. The Bertz CT molecular complexity index is 1060. The molecule has 0 aliphatic carbocycles. The Morgan fingerprint density at radius 2 is 1.50 bits per heavy atom. The van der Waals surface area contributed by atoms with Gasteiger partial charge in [-0.25, -0.2) is 0 Å². The van der Waals surface area contributed by atoms with Crippen LogP contribution in [0.15, 0.2) is 78.9 Å². The number of ether oxygens (including phenoxy) is 1. The maximum Gasteiger partial charge on any atom is 0.251 e. The summed E-state index contributed by atoms with van der Waals surface area (Å²) < 4.78 is 5.35. The van der Waals surface area contributed by atoms with E-state index in [9.17, 15) is 9.59 Å². The van der Waals surface area contributed by atoms with Gasteiger partial charge in [0.25, 0.3) is 5.91 Å². The van der Waals surface area contributed by atoms with Crippen molar-refractivity contribution in [2.24, 2.45) is 0 Å². The number of carbonyl (C=O) groups is 2. The molecule has 0 radical (unpaired) electrons. The van der Waals surface area contributed by atoms with Crippen molar-refractivity contribution in [2.45, 2.75) is 25.3 Å². The summed E-state index contributed by atoms with van der Waals surface area (Å²) in [5, 5.41) is 3.12. The van der Waals surface area contributed by atoms with E-state index in [1.807, 2.05) is 71.6 Å². The highest BCUT2D eigenvalue weighted by Gasteiger charge is 2.24. The lowest BCUT2D eigenvalue weighted by Gasteiger charge is -2.32. The van der Waals surface area contributed by atoms with Gasteiger partial charge in [0.15, 0.2) is 0 Å². The molecule has 1 fully saturated rings. The minimum absolute atomic E-state index is 0.0663. The van der Waals surface area contributed by atoms with Gasteiger partial charge in [0.2, 0.25) is 5.91 Å². The Morgan fingerprint density at radius 1 is 0.875 bits per heavy atom. The molecule has 1 aliphatic rings. The van der Waals surface area contributed by atoms with E-state index in [0.29, 0.717) is 25.1 Å². The standard InChI is InChI=1S/C27H28N2O3/c1-32-25-10-6-5-9-23(25)19-26(30)29-17-15-24(16-18-29)28-27(31)22-13-11-21(12-14-22)20-7-3-2-4-8-20/h2-14,24H,15-19H2,1H3,(H,28,31). The summed E-state index contributed by atoms with van der Waals surface area (Å²) in [6.07, 6.45) is 1.84. The molecule has 0 aromatic heterocycles. The number of para-hydroxylation sites is 1. The monoisotopic (exact) mass is 428 g/mol. The first kappa shape index (κ1) is 21.6. The Morgan fingerprint density at radius 3 is 2.19 bits per heavy atom. The minimum Gasteiger partial charge on any atom is -0.496 e. The molecular formula is C27H28N2O3. The Hall–Kier alpha value is -3.60. The fourth-order valence-electron chi connectivity index (χ4n) is 4.11. The molecule has 164 valence electrons. The summed E-state index contributed by atoms with van der Waals surface area (Å²) >= 11 is 0. The highest BCUT2D eigenvalue weighted by molar-refractivity contribution is 5.95. The maximum atomic E-state index is 12.7. The second-order valence-corrected chi connectivity index (χ2v) is 8.06. The molecule has 1 saturated heterocycles. The highest BCUT2D eigenvalue weighted by Crippen LogP contribution is 2.21. The van der Waals surface area contributed by atoms with Gasteiger partial charge in [-0.15, -0.1) is 0 Å². The number of hydrogen-bond donors (Lipinski definition) is 1. The number of carbonyl (C=O) groups excluding carboxylic acids is 2. The molecule has 0 unspecified atom stereocenters. The van der Waals surface area contributed by atoms with Gasteiger partial charge in [0.05, 0.1) is 13.5 Å². The number of rotatable bonds is 6. The lowest BCUT2D eigenvalue weighted by atomic mass is 10.0. The number of amides is 2. The van der Waals surface area contributed by atoms with E-state index in [2.05, 4.69) is 17.4 Å². The lowest BCUT2D eigenvalue weighted by Crippen LogP contribution is -2.47. The summed E-state index contributed by atoms with van der Waals surface area (Å²) in [4.78, 5) is 27.3. The topological polar surface area (TPSA) is 58.6 Å². The zero-order valence-corrected chi connectivity index (χ0v) is 18.3. The predicted molar refractivity (Wildman–Crippen MR) is 126 cm³/mol. The zero-order chi connectivity index (χ0) is 22.3. The Kier molecular flexibility index (Phi) is 6.85. The van der Waals surface area contributed by atoms with Gasteiger partial charge in [-0.1, -0.05) is 60.7 Å². The molecular weight excluding hydrogens is 400 g/mol. The molecule has 4 rings (SSSR count). The summed E-state index contributed by atoms with van der Waals surface area (Å²) in [6, 6.07) is 25.5. The molecule has 1 aliphatic heterocycles. The van der Waals surface area contributed by atoms with Gasteiger partial charge in [-0.2, -0.15) is 0 Å². The molecule has 32 heavy (non-hydrogen) atoms. The SMILES string of the molecule is COc1ccccc1CC(=O)N1CCC(NC(=O)c2ccc(-c3ccccc3)cc2)CC1. The van der Waals surface area contributed by atoms with Gasteiger partial charge in [0, 0.05) is 30.3 Å². The summed E-state index contributed by atoms with van der Waals surface area (Å²) in [5.41, 5.74) is 3.77. The summed E-state index contributed by atoms with van der Waals surface area (Å²) in [5.74, 6) is 0.764. The molecule has 1 heterocycles. The van der Waals surface area contributed by atoms with Gasteiger partial charge in [-0.05, 0) is 42.2 Å². The van der Waals surface area contributed by atoms with Crippen LogP contribution in [0.25, 0.3) is 11.1 Å². The second kappa shape index (κ2) is 10.1. The van der Waals surface area contributed by atoms with Crippen molar-refractivity contribution in [3.63, 3.8) is 0 Å². The first-order valence-electron chi connectivity index (χ1n) is 11.0. The zero-order valence-electron chi connectivity index (χ0n) is 18.3. The Labute approximate surface area is 189 Å². The largest absolute Gasteiger partial charge is 0.496 e. The molecule has 2 amide bonds.